The van der Waals surface area contributed by atoms with Crippen molar-refractivity contribution in [3.8, 4) is 0 Å². The third-order valence-electron chi connectivity index (χ3n) is 4.97. The number of allylic oxidation sites excluding steroid dienone is 1. The minimum atomic E-state index is -0.724. The van der Waals surface area contributed by atoms with Crippen LogP contribution in [0.1, 0.15) is 37.8 Å². The fraction of sp³-hybridized carbons (Fsp3) is 0.208. The Labute approximate surface area is 179 Å². The van der Waals surface area contributed by atoms with E-state index in [-0.39, 0.29) is 23.8 Å². The highest BCUT2D eigenvalue weighted by Crippen LogP contribution is 2.30. The fourth-order valence-corrected chi connectivity index (χ4v) is 3.33. The van der Waals surface area contributed by atoms with Crippen molar-refractivity contribution in [1.82, 2.24) is 9.97 Å². The predicted molar refractivity (Wildman–Crippen MR) is 118 cm³/mol. The third-order valence-corrected chi connectivity index (χ3v) is 4.97. The van der Waals surface area contributed by atoms with Gasteiger partial charge in [-0.15, -0.1) is 0 Å². The number of hydrogen-bond acceptors (Lipinski definition) is 6. The van der Waals surface area contributed by atoms with Gasteiger partial charge in [0.15, 0.2) is 11.3 Å². The van der Waals surface area contributed by atoms with Crippen LogP contribution in [0.2, 0.25) is 0 Å². The number of benzene rings is 1. The topological polar surface area (TPSA) is 93.3 Å². The Morgan fingerprint density at radius 1 is 1.26 bits per heavy atom. The lowest BCUT2D eigenvalue weighted by Crippen LogP contribution is -2.16. The second-order valence-corrected chi connectivity index (χ2v) is 7.41. The van der Waals surface area contributed by atoms with Gasteiger partial charge in [0, 0.05) is 29.0 Å². The van der Waals surface area contributed by atoms with E-state index >= 15 is 0 Å². The molecule has 0 spiro atoms. The molecule has 4 rings (SSSR count). The maximum absolute atomic E-state index is 13.0. The van der Waals surface area contributed by atoms with Gasteiger partial charge in [-0.2, -0.15) is 0 Å². The van der Waals surface area contributed by atoms with Crippen LogP contribution in [0, 0.1) is 0 Å². The monoisotopic (exact) mass is 417 g/mol. The molecule has 0 saturated heterocycles. The zero-order chi connectivity index (χ0) is 22.0. The van der Waals surface area contributed by atoms with E-state index in [0.717, 1.165) is 10.9 Å². The van der Waals surface area contributed by atoms with E-state index in [1.807, 2.05) is 36.4 Å². The van der Waals surface area contributed by atoms with Gasteiger partial charge < -0.3 is 19.8 Å². The van der Waals surface area contributed by atoms with Crippen molar-refractivity contribution in [3.05, 3.63) is 77.1 Å². The molecule has 3 aromatic rings. The molecule has 0 fully saturated rings. The van der Waals surface area contributed by atoms with Crippen LogP contribution in [0.25, 0.3) is 17.1 Å². The SMILES string of the molecule is CCOC(=O)C1=C(Nc2ccc(C(C)C)cc2)O/C(=C\c2c[nH]c3ncccc23)C1=O. The van der Waals surface area contributed by atoms with Gasteiger partial charge in [0.1, 0.15) is 5.65 Å². The average molecular weight is 417 g/mol. The molecular formula is C24H23N3O4. The van der Waals surface area contributed by atoms with Crippen molar-refractivity contribution < 1.29 is 19.1 Å². The lowest BCUT2D eigenvalue weighted by atomic mass is 10.0. The number of esters is 1. The smallest absolute Gasteiger partial charge is 0.347 e. The van der Waals surface area contributed by atoms with E-state index in [9.17, 15) is 9.59 Å². The number of Topliss-reactive ketones (excluding diaryl/α,β-unsaturated/α-hetero) is 1. The number of nitrogens with one attached hydrogen (secondary N) is 2. The Balaban J connectivity index is 1.67. The van der Waals surface area contributed by atoms with E-state index in [0.29, 0.717) is 17.3 Å². The number of ketones is 1. The standard InChI is InChI=1S/C24H23N3O4/c1-4-30-24(29)20-21(28)19(12-16-13-26-22-18(16)6-5-11-25-22)31-23(20)27-17-9-7-15(8-10-17)14(2)3/h5-14,27H,4H2,1-3H3,(H,25,26)/b19-12-. The van der Waals surface area contributed by atoms with Crippen LogP contribution in [0.15, 0.2) is 66.0 Å². The minimum absolute atomic E-state index is 0.0362. The van der Waals surface area contributed by atoms with Crippen molar-refractivity contribution in [2.45, 2.75) is 26.7 Å². The molecule has 7 nitrogen and oxygen atoms in total. The summed E-state index contributed by atoms with van der Waals surface area (Å²) >= 11 is 0. The molecule has 1 aliphatic heterocycles. The van der Waals surface area contributed by atoms with Gasteiger partial charge in [0.25, 0.3) is 0 Å². The summed E-state index contributed by atoms with van der Waals surface area (Å²) in [5.41, 5.74) is 3.16. The summed E-state index contributed by atoms with van der Waals surface area (Å²) in [5, 5.41) is 3.89. The number of aromatic nitrogens is 2. The molecule has 0 unspecified atom stereocenters. The fourth-order valence-electron chi connectivity index (χ4n) is 3.33. The maximum Gasteiger partial charge on any atom is 0.347 e. The highest BCUT2D eigenvalue weighted by atomic mass is 16.5. The summed E-state index contributed by atoms with van der Waals surface area (Å²) in [4.78, 5) is 32.8. The van der Waals surface area contributed by atoms with Crippen LogP contribution in [0.3, 0.4) is 0 Å². The number of aromatic amines is 1. The second kappa shape index (κ2) is 8.47. The molecule has 1 aliphatic rings. The van der Waals surface area contributed by atoms with Crippen LogP contribution >= 0.6 is 0 Å². The molecule has 1 aromatic carbocycles. The van der Waals surface area contributed by atoms with Gasteiger partial charge in [-0.05, 0) is 48.7 Å². The van der Waals surface area contributed by atoms with Crippen molar-refractivity contribution in [3.63, 3.8) is 0 Å². The maximum atomic E-state index is 13.0. The number of hydrogen-bond donors (Lipinski definition) is 2. The number of anilines is 1. The minimum Gasteiger partial charge on any atom is -0.462 e. The van der Waals surface area contributed by atoms with E-state index in [2.05, 4.69) is 29.1 Å². The summed E-state index contributed by atoms with van der Waals surface area (Å²) in [7, 11) is 0. The lowest BCUT2D eigenvalue weighted by Gasteiger charge is -2.10. The Morgan fingerprint density at radius 3 is 2.74 bits per heavy atom. The van der Waals surface area contributed by atoms with E-state index in [4.69, 9.17) is 9.47 Å². The van der Waals surface area contributed by atoms with E-state index < -0.39 is 11.8 Å². The molecule has 2 N–H and O–H groups in total. The molecule has 0 aliphatic carbocycles. The molecule has 7 heteroatoms. The summed E-state index contributed by atoms with van der Waals surface area (Å²) in [6.07, 6.45) is 5.01. The zero-order valence-electron chi connectivity index (χ0n) is 17.6. The second-order valence-electron chi connectivity index (χ2n) is 7.41. The Hall–Kier alpha value is -3.87. The highest BCUT2D eigenvalue weighted by Gasteiger charge is 2.37. The third kappa shape index (κ3) is 4.07. The number of H-pyrrole nitrogens is 1. The molecule has 0 amide bonds. The van der Waals surface area contributed by atoms with Crippen LogP contribution in [0.4, 0.5) is 5.69 Å². The Bertz CT molecular complexity index is 1200. The molecule has 0 saturated carbocycles. The number of carbonyl (C=O) groups is 2. The number of ether oxygens (including phenoxy) is 2. The first kappa shape index (κ1) is 20.4. The molecular weight excluding hydrogens is 394 g/mol. The van der Waals surface area contributed by atoms with Crippen LogP contribution in [0.5, 0.6) is 0 Å². The van der Waals surface area contributed by atoms with Crippen molar-refractivity contribution in [2.24, 2.45) is 0 Å². The van der Waals surface area contributed by atoms with Crippen LogP contribution in [-0.4, -0.2) is 28.3 Å². The van der Waals surface area contributed by atoms with E-state index in [1.165, 1.54) is 5.56 Å². The van der Waals surface area contributed by atoms with Gasteiger partial charge in [0.2, 0.25) is 11.7 Å². The molecule has 2 aromatic heterocycles. The first-order valence-corrected chi connectivity index (χ1v) is 10.1. The summed E-state index contributed by atoms with van der Waals surface area (Å²) in [6.45, 7) is 6.06. The summed E-state index contributed by atoms with van der Waals surface area (Å²) in [6, 6.07) is 11.4. The van der Waals surface area contributed by atoms with Gasteiger partial charge in [-0.25, -0.2) is 9.78 Å². The predicted octanol–water partition coefficient (Wildman–Crippen LogP) is 4.51. The van der Waals surface area contributed by atoms with Gasteiger partial charge >= 0.3 is 5.97 Å². The largest absolute Gasteiger partial charge is 0.462 e. The summed E-state index contributed by atoms with van der Waals surface area (Å²) < 4.78 is 10.9. The van der Waals surface area contributed by atoms with Crippen LogP contribution < -0.4 is 5.32 Å². The Kier molecular flexibility index (Phi) is 5.58. The van der Waals surface area contributed by atoms with Gasteiger partial charge in [0.05, 0.1) is 6.61 Å². The summed E-state index contributed by atoms with van der Waals surface area (Å²) in [5.74, 6) is -0.761. The van der Waals surface area contributed by atoms with E-state index in [1.54, 1.807) is 25.4 Å². The number of pyridine rings is 1. The van der Waals surface area contributed by atoms with Gasteiger partial charge in [-0.3, -0.25) is 4.79 Å². The molecule has 3 heterocycles. The average Bonchev–Trinajstić information content (AvgIpc) is 3.30. The lowest BCUT2D eigenvalue weighted by molar-refractivity contribution is -0.139. The quantitative estimate of drug-likeness (QED) is 0.348. The number of nitrogens with zero attached hydrogens (tertiary/aromatic N) is 1. The first-order valence-electron chi connectivity index (χ1n) is 10.1. The molecule has 0 bridgehead atoms. The molecule has 158 valence electrons. The van der Waals surface area contributed by atoms with Crippen LogP contribution in [-0.2, 0) is 19.1 Å². The normalized spacial score (nSPS) is 15.1. The zero-order valence-corrected chi connectivity index (χ0v) is 17.6. The highest BCUT2D eigenvalue weighted by molar-refractivity contribution is 6.26. The molecule has 0 radical (unpaired) electrons. The molecule has 0 atom stereocenters. The number of fused-ring (bicyclic) bond motifs is 1. The van der Waals surface area contributed by atoms with Crippen molar-refractivity contribution in [1.29, 1.82) is 0 Å². The Morgan fingerprint density at radius 2 is 2.03 bits per heavy atom. The van der Waals surface area contributed by atoms with Gasteiger partial charge in [-0.1, -0.05) is 26.0 Å². The first-order chi connectivity index (χ1) is 15.0. The number of rotatable bonds is 6. The van der Waals surface area contributed by atoms with Crippen molar-refractivity contribution in [2.75, 3.05) is 11.9 Å². The number of carbonyl (C=O) groups excluding carboxylic acids is 2. The van der Waals surface area contributed by atoms with Crippen molar-refractivity contribution >= 4 is 34.5 Å². The molecule has 31 heavy (non-hydrogen) atoms.